The number of nitrogens with zero attached hydrogens (tertiary/aromatic N) is 2. The van der Waals surface area contributed by atoms with Crippen molar-refractivity contribution in [1.29, 1.82) is 0 Å². The Morgan fingerprint density at radius 2 is 1.84 bits per heavy atom. The number of ether oxygens (including phenoxy) is 1. The fourth-order valence-corrected chi connectivity index (χ4v) is 10.8. The molecule has 4 aliphatic carbocycles. The molecule has 0 spiro atoms. The second-order valence-corrected chi connectivity index (χ2v) is 15.9. The van der Waals surface area contributed by atoms with Crippen molar-refractivity contribution in [3.8, 4) is 5.75 Å². The summed E-state index contributed by atoms with van der Waals surface area (Å²) >= 11 is 0. The van der Waals surface area contributed by atoms with Gasteiger partial charge in [-0.2, -0.15) is 0 Å². The van der Waals surface area contributed by atoms with Crippen LogP contribution in [0.4, 0.5) is 0 Å². The largest absolute Gasteiger partial charge is 0.497 e. The zero-order chi connectivity index (χ0) is 32.0. The van der Waals surface area contributed by atoms with Crippen LogP contribution in [0.2, 0.25) is 0 Å². The van der Waals surface area contributed by atoms with E-state index < -0.39 is 0 Å². The maximum Gasteiger partial charge on any atom is 0.260 e. The van der Waals surface area contributed by atoms with Gasteiger partial charge in [-0.25, -0.2) is 0 Å². The minimum atomic E-state index is -0.122. The first-order chi connectivity index (χ1) is 21.5. The first-order valence-corrected chi connectivity index (χ1v) is 17.7. The van der Waals surface area contributed by atoms with Crippen molar-refractivity contribution in [3.63, 3.8) is 0 Å². The summed E-state index contributed by atoms with van der Waals surface area (Å²) in [4.78, 5) is 21.0. The van der Waals surface area contributed by atoms with E-state index >= 15 is 0 Å². The Labute approximate surface area is 271 Å². The van der Waals surface area contributed by atoms with Gasteiger partial charge in [0, 0.05) is 24.5 Å². The van der Waals surface area contributed by atoms with Gasteiger partial charge in [0.2, 0.25) is 0 Å². The number of carbonyl (C=O) groups excluding carboxylic acids is 1. The van der Waals surface area contributed by atoms with Gasteiger partial charge >= 0.3 is 0 Å². The topological polar surface area (TPSA) is 83.4 Å². The minimum absolute atomic E-state index is 0.0129. The molecule has 1 saturated heterocycles. The smallest absolute Gasteiger partial charge is 0.260 e. The molecule has 7 heteroatoms. The SMILES string of the molecule is COc1ccc([C@]2(CCNC(=O)CO/N=C3\C=C4CC[C@@H]5[C@@H]6CC[C@H](O)[C@@]6(C)CC[C@@H]5[C@@]4(C)CC3)C[C@H](C)N(C)C[C@@H]2C)cc1. The van der Waals surface area contributed by atoms with Gasteiger partial charge in [-0.05, 0) is 136 Å². The van der Waals surface area contributed by atoms with Crippen LogP contribution in [0, 0.1) is 34.5 Å². The van der Waals surface area contributed by atoms with Gasteiger partial charge < -0.3 is 24.9 Å². The fraction of sp³-hybridized carbons (Fsp3) is 0.737. The molecule has 1 aromatic rings. The number of oxime groups is 1. The number of allylic oxidation sites excluding steroid dienone is 2. The number of aliphatic hydroxyl groups is 1. The Morgan fingerprint density at radius 3 is 2.60 bits per heavy atom. The predicted octanol–water partition coefficient (Wildman–Crippen LogP) is 6.50. The molecule has 0 unspecified atom stereocenters. The molecule has 1 aliphatic heterocycles. The molecule has 45 heavy (non-hydrogen) atoms. The number of piperidine rings is 1. The van der Waals surface area contributed by atoms with Crippen molar-refractivity contribution >= 4 is 11.6 Å². The molecule has 0 radical (unpaired) electrons. The van der Waals surface area contributed by atoms with E-state index in [1.165, 1.54) is 30.4 Å². The van der Waals surface area contributed by atoms with E-state index in [0.717, 1.165) is 68.9 Å². The number of hydrogen-bond donors (Lipinski definition) is 2. The van der Waals surface area contributed by atoms with E-state index in [0.29, 0.717) is 30.3 Å². The van der Waals surface area contributed by atoms with Gasteiger partial charge in [0.15, 0.2) is 6.61 Å². The number of aliphatic hydroxyl groups excluding tert-OH is 1. The van der Waals surface area contributed by atoms with Gasteiger partial charge in [0.1, 0.15) is 5.75 Å². The molecule has 3 saturated carbocycles. The number of methoxy groups -OCH3 is 1. The third-order valence-corrected chi connectivity index (χ3v) is 13.8. The van der Waals surface area contributed by atoms with E-state index in [2.05, 4.69) is 80.5 Å². The van der Waals surface area contributed by atoms with Gasteiger partial charge in [0.25, 0.3) is 5.91 Å². The van der Waals surface area contributed by atoms with Crippen molar-refractivity contribution in [2.75, 3.05) is 33.9 Å². The van der Waals surface area contributed by atoms with Crippen LogP contribution in [-0.2, 0) is 15.0 Å². The molecule has 0 bridgehead atoms. The van der Waals surface area contributed by atoms with Crippen LogP contribution in [0.5, 0.6) is 5.75 Å². The summed E-state index contributed by atoms with van der Waals surface area (Å²) in [6.07, 6.45) is 13.0. The maximum absolute atomic E-state index is 12.9. The summed E-state index contributed by atoms with van der Waals surface area (Å²) in [6.45, 7) is 11.1. The summed E-state index contributed by atoms with van der Waals surface area (Å²) in [7, 11) is 3.91. The van der Waals surface area contributed by atoms with Crippen molar-refractivity contribution in [2.24, 2.45) is 39.7 Å². The van der Waals surface area contributed by atoms with Crippen LogP contribution in [0.1, 0.15) is 97.5 Å². The number of fused-ring (bicyclic) bond motifs is 5. The predicted molar refractivity (Wildman–Crippen MR) is 179 cm³/mol. The standard InChI is InChI=1S/C38H57N3O4/c1-25-23-41(5)26(2)22-38(25,27-7-10-30(44-6)11-8-27)19-20-39-35(43)24-45-40-29-15-17-36(3)28(21-29)9-12-31-32-13-14-34(42)37(32,4)18-16-33(31)36/h7-8,10-11,21,25-26,31-34,42H,9,12-20,22-24H2,1-6H3,(H,39,43)/b40-29-/t25-,26-,31+,32-,33-,34-,36-,37-,38+/m0/s1. The zero-order valence-electron chi connectivity index (χ0n) is 28.6. The van der Waals surface area contributed by atoms with E-state index in [9.17, 15) is 9.90 Å². The monoisotopic (exact) mass is 619 g/mol. The first-order valence-electron chi connectivity index (χ1n) is 17.7. The molecule has 1 aromatic carbocycles. The van der Waals surface area contributed by atoms with E-state index in [1.54, 1.807) is 7.11 Å². The molecule has 0 aromatic heterocycles. The number of rotatable bonds is 8. The summed E-state index contributed by atoms with van der Waals surface area (Å²) in [6, 6.07) is 8.98. The highest BCUT2D eigenvalue weighted by Gasteiger charge is 2.58. The van der Waals surface area contributed by atoms with Crippen molar-refractivity contribution in [1.82, 2.24) is 10.2 Å². The van der Waals surface area contributed by atoms with Crippen LogP contribution < -0.4 is 10.1 Å². The van der Waals surface area contributed by atoms with Crippen LogP contribution >= 0.6 is 0 Å². The third-order valence-electron chi connectivity index (χ3n) is 13.8. The van der Waals surface area contributed by atoms with Crippen molar-refractivity contribution in [2.45, 2.75) is 109 Å². The van der Waals surface area contributed by atoms with Gasteiger partial charge in [-0.15, -0.1) is 0 Å². The Hall–Kier alpha value is -2.38. The fourth-order valence-electron chi connectivity index (χ4n) is 10.8. The van der Waals surface area contributed by atoms with Gasteiger partial charge in [0.05, 0.1) is 18.9 Å². The second-order valence-electron chi connectivity index (χ2n) is 15.9. The molecule has 6 rings (SSSR count). The molecule has 1 amide bonds. The van der Waals surface area contributed by atoms with E-state index in [1.807, 2.05) is 0 Å². The lowest BCUT2D eigenvalue weighted by molar-refractivity contribution is -0.125. The number of hydrogen-bond acceptors (Lipinski definition) is 6. The Kier molecular flexibility index (Phi) is 9.17. The molecular weight excluding hydrogens is 562 g/mol. The zero-order valence-corrected chi connectivity index (χ0v) is 28.6. The number of nitrogens with one attached hydrogen (secondary N) is 1. The average Bonchev–Trinajstić information content (AvgIpc) is 3.33. The lowest BCUT2D eigenvalue weighted by Crippen LogP contribution is -2.52. The Morgan fingerprint density at radius 1 is 1.07 bits per heavy atom. The Balaban J connectivity index is 1.04. The molecule has 7 nitrogen and oxygen atoms in total. The number of likely N-dealkylation sites (tertiary alicyclic amines) is 1. The molecular formula is C38H57N3O4. The molecule has 4 fully saturated rings. The number of benzene rings is 1. The number of carbonyl (C=O) groups is 1. The molecule has 248 valence electrons. The number of amides is 1. The first kappa shape index (κ1) is 32.6. The highest BCUT2D eigenvalue weighted by atomic mass is 16.6. The van der Waals surface area contributed by atoms with Crippen LogP contribution in [0.3, 0.4) is 0 Å². The summed E-state index contributed by atoms with van der Waals surface area (Å²) in [5, 5.41) is 18.4. The summed E-state index contributed by atoms with van der Waals surface area (Å²) in [5.41, 5.74) is 4.14. The van der Waals surface area contributed by atoms with Gasteiger partial charge in [-0.1, -0.05) is 43.6 Å². The lowest BCUT2D eigenvalue weighted by atomic mass is 9.47. The van der Waals surface area contributed by atoms with Crippen LogP contribution in [0.15, 0.2) is 41.1 Å². The third kappa shape index (κ3) is 5.86. The van der Waals surface area contributed by atoms with Crippen LogP contribution in [0.25, 0.3) is 0 Å². The second kappa shape index (κ2) is 12.7. The van der Waals surface area contributed by atoms with Crippen LogP contribution in [-0.4, -0.2) is 67.6 Å². The molecule has 5 aliphatic rings. The summed E-state index contributed by atoms with van der Waals surface area (Å²) in [5.74, 6) is 3.30. The minimum Gasteiger partial charge on any atom is -0.497 e. The molecule has 1 heterocycles. The van der Waals surface area contributed by atoms with E-state index in [4.69, 9.17) is 9.57 Å². The summed E-state index contributed by atoms with van der Waals surface area (Å²) < 4.78 is 5.42. The normalized spacial score (nSPS) is 40.6. The quantitative estimate of drug-likeness (QED) is 0.325. The van der Waals surface area contributed by atoms with Crippen molar-refractivity contribution in [3.05, 3.63) is 41.5 Å². The highest BCUT2D eigenvalue weighted by Crippen LogP contribution is 2.65. The molecule has 2 N–H and O–H groups in total. The van der Waals surface area contributed by atoms with E-state index in [-0.39, 0.29) is 34.9 Å². The van der Waals surface area contributed by atoms with Crippen molar-refractivity contribution < 1.29 is 19.5 Å². The van der Waals surface area contributed by atoms with Gasteiger partial charge in [-0.3, -0.25) is 4.79 Å². The molecule has 9 atom stereocenters. The lowest BCUT2D eigenvalue weighted by Gasteiger charge is -2.57. The average molecular weight is 620 g/mol. The highest BCUT2D eigenvalue weighted by molar-refractivity contribution is 5.96. The maximum atomic E-state index is 12.9. The Bertz CT molecular complexity index is 1290.